The molecule has 4 bridgehead atoms. The second kappa shape index (κ2) is 13.1. The molecular formula is C33H40N4O4. The van der Waals surface area contributed by atoms with E-state index in [4.69, 9.17) is 4.42 Å². The molecule has 3 saturated carbocycles. The fourth-order valence-electron chi connectivity index (χ4n) is 6.56. The van der Waals surface area contributed by atoms with Crippen LogP contribution in [0.15, 0.2) is 82.8 Å². The number of amides is 3. The summed E-state index contributed by atoms with van der Waals surface area (Å²) in [5.41, 5.74) is 4.79. The maximum atomic E-state index is 13.0. The molecule has 2 aromatic rings. The lowest BCUT2D eigenvalue weighted by molar-refractivity contribution is -0.129. The number of pyridine rings is 1. The van der Waals surface area contributed by atoms with Crippen LogP contribution < -0.4 is 5.32 Å². The van der Waals surface area contributed by atoms with Crippen molar-refractivity contribution in [1.82, 2.24) is 20.1 Å². The summed E-state index contributed by atoms with van der Waals surface area (Å²) < 4.78 is 5.19. The van der Waals surface area contributed by atoms with Crippen molar-refractivity contribution >= 4 is 17.7 Å². The van der Waals surface area contributed by atoms with Gasteiger partial charge in [0.25, 0.3) is 5.91 Å². The van der Waals surface area contributed by atoms with E-state index < -0.39 is 0 Å². The van der Waals surface area contributed by atoms with Crippen molar-refractivity contribution < 1.29 is 18.8 Å². The van der Waals surface area contributed by atoms with Gasteiger partial charge in [0.15, 0.2) is 5.76 Å². The quantitative estimate of drug-likeness (QED) is 0.466. The van der Waals surface area contributed by atoms with Crippen molar-refractivity contribution in [2.24, 2.45) is 17.8 Å². The van der Waals surface area contributed by atoms with Gasteiger partial charge >= 0.3 is 0 Å². The first-order valence-corrected chi connectivity index (χ1v) is 14.7. The van der Waals surface area contributed by atoms with E-state index in [-0.39, 0.29) is 17.7 Å². The van der Waals surface area contributed by atoms with Crippen LogP contribution in [0.5, 0.6) is 0 Å². The molecule has 0 radical (unpaired) electrons. The first-order chi connectivity index (χ1) is 19.9. The Morgan fingerprint density at radius 3 is 2.32 bits per heavy atom. The van der Waals surface area contributed by atoms with Crippen molar-refractivity contribution in [3.8, 4) is 0 Å². The van der Waals surface area contributed by atoms with Gasteiger partial charge in [0.1, 0.15) is 0 Å². The Hall–Kier alpha value is -3.94. The van der Waals surface area contributed by atoms with E-state index in [0.717, 1.165) is 35.5 Å². The lowest BCUT2D eigenvalue weighted by atomic mass is 9.51. The number of carbonyl (C=O) groups excluding carboxylic acids is 3. The van der Waals surface area contributed by atoms with Crippen molar-refractivity contribution in [1.29, 1.82) is 0 Å². The van der Waals surface area contributed by atoms with Crippen molar-refractivity contribution in [3.05, 3.63) is 89.7 Å². The van der Waals surface area contributed by atoms with Crippen LogP contribution in [0.25, 0.3) is 0 Å². The zero-order chi connectivity index (χ0) is 28.8. The molecule has 1 saturated heterocycles. The van der Waals surface area contributed by atoms with Gasteiger partial charge in [-0.15, -0.1) is 0 Å². The monoisotopic (exact) mass is 556 g/mol. The van der Waals surface area contributed by atoms with E-state index in [1.165, 1.54) is 31.1 Å². The van der Waals surface area contributed by atoms with Crippen LogP contribution in [0.2, 0.25) is 0 Å². The number of fused-ring (bicyclic) bond motifs is 1. The zero-order valence-corrected chi connectivity index (χ0v) is 23.9. The summed E-state index contributed by atoms with van der Waals surface area (Å²) in [6.45, 7) is 8.62. The Kier molecular flexibility index (Phi) is 9.17. The SMILES string of the molecule is C=C/C(C)=C\CCC(=O)NCc1ccncc1.O=C(C1=C2C3CC(C1)CC2C3)N1CCN(C(=O)c2ccco2)CC1. The molecule has 3 heterocycles. The number of carbonyl (C=O) groups is 3. The maximum Gasteiger partial charge on any atom is 0.289 e. The fourth-order valence-corrected chi connectivity index (χ4v) is 6.56. The minimum Gasteiger partial charge on any atom is -0.459 e. The Balaban J connectivity index is 0.000000177. The molecule has 1 aliphatic heterocycles. The highest BCUT2D eigenvalue weighted by molar-refractivity contribution is 5.96. The summed E-state index contributed by atoms with van der Waals surface area (Å²) in [6.07, 6.45) is 15.0. The predicted molar refractivity (Wildman–Crippen MR) is 156 cm³/mol. The number of nitrogens with zero attached hydrogens (tertiary/aromatic N) is 3. The molecule has 5 aliphatic carbocycles. The Morgan fingerprint density at radius 2 is 1.71 bits per heavy atom. The maximum absolute atomic E-state index is 13.0. The third kappa shape index (κ3) is 6.87. The molecule has 4 fully saturated rings. The van der Waals surface area contributed by atoms with Gasteiger partial charge in [-0.3, -0.25) is 19.4 Å². The molecule has 2 atom stereocenters. The summed E-state index contributed by atoms with van der Waals surface area (Å²) >= 11 is 0. The molecule has 2 unspecified atom stereocenters. The molecule has 216 valence electrons. The first-order valence-electron chi connectivity index (χ1n) is 14.7. The Labute approximate surface area is 242 Å². The predicted octanol–water partition coefficient (Wildman–Crippen LogP) is 4.92. The number of hydrogen-bond donors (Lipinski definition) is 1. The third-order valence-corrected chi connectivity index (χ3v) is 8.77. The van der Waals surface area contributed by atoms with E-state index in [9.17, 15) is 14.4 Å². The molecule has 8 nitrogen and oxygen atoms in total. The van der Waals surface area contributed by atoms with Gasteiger partial charge in [-0.2, -0.15) is 0 Å². The average Bonchev–Trinajstić information content (AvgIpc) is 3.55. The highest BCUT2D eigenvalue weighted by atomic mass is 16.3. The first kappa shape index (κ1) is 28.6. The number of furan rings is 1. The molecule has 0 aromatic carbocycles. The second-order valence-electron chi connectivity index (χ2n) is 11.5. The highest BCUT2D eigenvalue weighted by Gasteiger charge is 2.50. The standard InChI is InChI=1S/C19H22N2O3.C14H18N2O/c22-18(15-10-12-8-13-11-14(9-12)17(13)15)20-3-5-21(6-4-20)19(23)16-2-1-7-24-16;1-3-12(2)5-4-6-14(17)16-11-13-7-9-15-10-8-13/h1-2,7,12-14H,3-6,8-11H2;3,5,7-10H,1,4,6,11H2,2H3,(H,16,17)/b;12-5-. The van der Waals surface area contributed by atoms with Crippen LogP contribution in [0.3, 0.4) is 0 Å². The lowest BCUT2D eigenvalue weighted by Crippen LogP contribution is -2.52. The molecular weight excluding hydrogens is 516 g/mol. The minimum absolute atomic E-state index is 0.0647. The number of piperazine rings is 1. The normalized spacial score (nSPS) is 22.9. The summed E-state index contributed by atoms with van der Waals surface area (Å²) in [5, 5.41) is 2.87. The molecule has 8 heteroatoms. The van der Waals surface area contributed by atoms with E-state index >= 15 is 0 Å². The highest BCUT2D eigenvalue weighted by Crippen LogP contribution is 2.59. The zero-order valence-electron chi connectivity index (χ0n) is 23.9. The summed E-state index contributed by atoms with van der Waals surface area (Å²) in [4.78, 5) is 44.4. The topological polar surface area (TPSA) is 95.8 Å². The van der Waals surface area contributed by atoms with E-state index in [0.29, 0.717) is 56.7 Å². The average molecular weight is 557 g/mol. The van der Waals surface area contributed by atoms with Crippen molar-refractivity contribution in [2.45, 2.75) is 52.0 Å². The second-order valence-corrected chi connectivity index (χ2v) is 11.5. The van der Waals surface area contributed by atoms with Crippen molar-refractivity contribution in [3.63, 3.8) is 0 Å². The van der Waals surface area contributed by atoms with E-state index in [1.54, 1.807) is 35.5 Å². The summed E-state index contributed by atoms with van der Waals surface area (Å²) in [7, 11) is 0. The molecule has 3 amide bonds. The molecule has 2 aromatic heterocycles. The smallest absolute Gasteiger partial charge is 0.289 e. The molecule has 41 heavy (non-hydrogen) atoms. The number of allylic oxidation sites excluding steroid dienone is 4. The molecule has 6 aliphatic rings. The van der Waals surface area contributed by atoms with Crippen LogP contribution in [-0.2, 0) is 16.1 Å². The molecule has 1 N–H and O–H groups in total. The Morgan fingerprint density at radius 1 is 1.02 bits per heavy atom. The summed E-state index contributed by atoms with van der Waals surface area (Å²) in [5.74, 6) is 2.78. The largest absolute Gasteiger partial charge is 0.459 e. The molecule has 8 rings (SSSR count). The van der Waals surface area contributed by atoms with Gasteiger partial charge in [-0.25, -0.2) is 0 Å². The Bertz CT molecular complexity index is 1290. The number of nitrogens with one attached hydrogen (secondary N) is 1. The van der Waals surface area contributed by atoms with Crippen LogP contribution in [0, 0.1) is 17.8 Å². The minimum atomic E-state index is -0.0768. The van der Waals surface area contributed by atoms with Gasteiger partial charge in [0, 0.05) is 57.1 Å². The number of aromatic nitrogens is 1. The third-order valence-electron chi connectivity index (χ3n) is 8.77. The van der Waals surface area contributed by atoms with E-state index in [2.05, 4.69) is 16.9 Å². The summed E-state index contributed by atoms with van der Waals surface area (Å²) in [6, 6.07) is 7.20. The van der Waals surface area contributed by atoms with Gasteiger partial charge < -0.3 is 19.5 Å². The van der Waals surface area contributed by atoms with E-state index in [1.807, 2.05) is 30.0 Å². The van der Waals surface area contributed by atoms with Crippen LogP contribution in [0.4, 0.5) is 0 Å². The lowest BCUT2D eigenvalue weighted by Gasteiger charge is -2.54. The number of rotatable bonds is 8. The molecule has 0 spiro atoms. The van der Waals surface area contributed by atoms with Gasteiger partial charge in [0.2, 0.25) is 11.8 Å². The number of hydrogen-bond acceptors (Lipinski definition) is 5. The fraction of sp³-hybridized carbons (Fsp3) is 0.455. The van der Waals surface area contributed by atoms with Gasteiger partial charge in [0.05, 0.1) is 6.26 Å². The van der Waals surface area contributed by atoms with Crippen LogP contribution in [-0.4, -0.2) is 58.7 Å². The van der Waals surface area contributed by atoms with Crippen LogP contribution in [0.1, 0.15) is 61.6 Å². The van der Waals surface area contributed by atoms with Gasteiger partial charge in [-0.05, 0) is 86.6 Å². The van der Waals surface area contributed by atoms with Crippen LogP contribution >= 0.6 is 0 Å². The van der Waals surface area contributed by atoms with Crippen molar-refractivity contribution in [2.75, 3.05) is 26.2 Å². The van der Waals surface area contributed by atoms with Gasteiger partial charge in [-0.1, -0.05) is 29.9 Å².